The van der Waals surface area contributed by atoms with Gasteiger partial charge in [-0.25, -0.2) is 4.68 Å². The highest BCUT2D eigenvalue weighted by atomic mass is 15.3. The molecule has 4 aromatic rings. The van der Waals surface area contributed by atoms with Crippen molar-refractivity contribution in [1.82, 2.24) is 19.7 Å². The molecule has 2 N–H and O–H groups in total. The molecule has 0 atom stereocenters. The Kier molecular flexibility index (Phi) is 3.74. The van der Waals surface area contributed by atoms with Crippen LogP contribution in [0.3, 0.4) is 0 Å². The van der Waals surface area contributed by atoms with Crippen LogP contribution in [0, 0.1) is 6.92 Å². The maximum atomic E-state index is 5.91. The molecule has 0 aliphatic heterocycles. The standard InChI is InChI=1S/C20H17N5/c1-14-2-3-19(21)9-20(14)25-13-18(12-24-25)17-8-16(10-23-11-17)15-4-6-22-7-5-15/h2-13H,21H2,1H3. The molecule has 5 nitrogen and oxygen atoms in total. The molecule has 1 aromatic carbocycles. The Balaban J connectivity index is 1.72. The van der Waals surface area contributed by atoms with Crippen LogP contribution in [0.15, 0.2) is 73.6 Å². The van der Waals surface area contributed by atoms with Crippen molar-refractivity contribution in [3.8, 4) is 27.9 Å². The van der Waals surface area contributed by atoms with E-state index in [0.717, 1.165) is 39.2 Å². The number of nitrogens with zero attached hydrogens (tertiary/aromatic N) is 4. The van der Waals surface area contributed by atoms with Crippen molar-refractivity contribution in [2.75, 3.05) is 5.73 Å². The van der Waals surface area contributed by atoms with Gasteiger partial charge < -0.3 is 5.73 Å². The van der Waals surface area contributed by atoms with E-state index in [1.54, 1.807) is 12.4 Å². The molecule has 0 spiro atoms. The van der Waals surface area contributed by atoms with E-state index in [1.807, 2.05) is 66.7 Å². The summed E-state index contributed by atoms with van der Waals surface area (Å²) in [6, 6.07) is 11.9. The molecule has 3 aromatic heterocycles. The zero-order chi connectivity index (χ0) is 17.2. The van der Waals surface area contributed by atoms with Crippen LogP contribution in [-0.4, -0.2) is 19.7 Å². The van der Waals surface area contributed by atoms with Gasteiger partial charge in [-0.1, -0.05) is 6.07 Å². The van der Waals surface area contributed by atoms with Crippen molar-refractivity contribution < 1.29 is 0 Å². The summed E-state index contributed by atoms with van der Waals surface area (Å²) in [5.41, 5.74) is 12.9. The van der Waals surface area contributed by atoms with Gasteiger partial charge in [-0.15, -0.1) is 0 Å². The largest absolute Gasteiger partial charge is 0.399 e. The second-order valence-corrected chi connectivity index (χ2v) is 5.92. The molecular formula is C20H17N5. The number of nitrogens with two attached hydrogens (primary N) is 1. The topological polar surface area (TPSA) is 69.6 Å². The molecule has 0 unspecified atom stereocenters. The number of aromatic nitrogens is 4. The molecule has 3 heterocycles. The molecule has 0 aliphatic rings. The summed E-state index contributed by atoms with van der Waals surface area (Å²) < 4.78 is 1.85. The minimum Gasteiger partial charge on any atom is -0.399 e. The summed E-state index contributed by atoms with van der Waals surface area (Å²) >= 11 is 0. The molecule has 0 amide bonds. The minimum atomic E-state index is 0.721. The van der Waals surface area contributed by atoms with E-state index in [0.29, 0.717) is 0 Å². The van der Waals surface area contributed by atoms with Crippen molar-refractivity contribution >= 4 is 5.69 Å². The Hall–Kier alpha value is -3.47. The Labute approximate surface area is 145 Å². The minimum absolute atomic E-state index is 0.721. The van der Waals surface area contributed by atoms with E-state index in [1.165, 1.54) is 0 Å². The Morgan fingerprint density at radius 3 is 2.36 bits per heavy atom. The molecule has 122 valence electrons. The molecule has 0 bridgehead atoms. The molecule has 0 saturated heterocycles. The Morgan fingerprint density at radius 1 is 0.800 bits per heavy atom. The molecule has 25 heavy (non-hydrogen) atoms. The summed E-state index contributed by atoms with van der Waals surface area (Å²) in [7, 11) is 0. The molecule has 0 fully saturated rings. The summed E-state index contributed by atoms with van der Waals surface area (Å²) in [6.07, 6.45) is 11.1. The number of nitrogen functional groups attached to an aromatic ring is 1. The van der Waals surface area contributed by atoms with Gasteiger partial charge in [-0.05, 0) is 48.4 Å². The first kappa shape index (κ1) is 15.1. The average Bonchev–Trinajstić information content (AvgIpc) is 3.14. The third kappa shape index (κ3) is 2.99. The predicted octanol–water partition coefficient (Wildman–Crippen LogP) is 3.89. The average molecular weight is 327 g/mol. The number of benzene rings is 1. The summed E-state index contributed by atoms with van der Waals surface area (Å²) in [6.45, 7) is 2.04. The first-order valence-electron chi connectivity index (χ1n) is 7.98. The fourth-order valence-corrected chi connectivity index (χ4v) is 2.78. The second-order valence-electron chi connectivity index (χ2n) is 5.92. The summed E-state index contributed by atoms with van der Waals surface area (Å²) in [5.74, 6) is 0. The SMILES string of the molecule is Cc1ccc(N)cc1-n1cc(-c2cncc(-c3ccncc3)c2)cn1. The number of aryl methyl sites for hydroxylation is 1. The van der Waals surface area contributed by atoms with Gasteiger partial charge in [-0.2, -0.15) is 5.10 Å². The van der Waals surface area contributed by atoms with Crippen molar-refractivity contribution in [1.29, 1.82) is 0 Å². The third-order valence-corrected chi connectivity index (χ3v) is 4.15. The predicted molar refractivity (Wildman–Crippen MR) is 99.2 cm³/mol. The highest BCUT2D eigenvalue weighted by Gasteiger charge is 2.08. The number of pyridine rings is 2. The lowest BCUT2D eigenvalue weighted by Crippen LogP contribution is -1.98. The monoisotopic (exact) mass is 327 g/mol. The van der Waals surface area contributed by atoms with E-state index >= 15 is 0 Å². The molecule has 0 aliphatic carbocycles. The van der Waals surface area contributed by atoms with Crippen molar-refractivity contribution in [3.05, 3.63) is 79.1 Å². The van der Waals surface area contributed by atoms with Crippen LogP contribution in [0.1, 0.15) is 5.56 Å². The third-order valence-electron chi connectivity index (χ3n) is 4.15. The Bertz CT molecular complexity index is 1020. The Morgan fingerprint density at radius 2 is 1.56 bits per heavy atom. The molecule has 4 rings (SSSR count). The molecule has 5 heteroatoms. The van der Waals surface area contributed by atoms with Crippen LogP contribution in [-0.2, 0) is 0 Å². The van der Waals surface area contributed by atoms with Crippen molar-refractivity contribution in [2.45, 2.75) is 6.92 Å². The highest BCUT2D eigenvalue weighted by molar-refractivity contribution is 5.71. The second kappa shape index (κ2) is 6.20. The van der Waals surface area contributed by atoms with Gasteiger partial charge in [0.2, 0.25) is 0 Å². The number of anilines is 1. The van der Waals surface area contributed by atoms with Gasteiger partial charge in [0.05, 0.1) is 11.9 Å². The fourth-order valence-electron chi connectivity index (χ4n) is 2.78. The lowest BCUT2D eigenvalue weighted by molar-refractivity contribution is 0.873. The summed E-state index contributed by atoms with van der Waals surface area (Å²) in [4.78, 5) is 8.43. The normalized spacial score (nSPS) is 10.8. The van der Waals surface area contributed by atoms with E-state index in [-0.39, 0.29) is 0 Å². The van der Waals surface area contributed by atoms with Gasteiger partial charge in [-0.3, -0.25) is 9.97 Å². The van der Waals surface area contributed by atoms with Gasteiger partial charge in [0.15, 0.2) is 0 Å². The molecule has 0 saturated carbocycles. The van der Waals surface area contributed by atoms with Crippen LogP contribution in [0.5, 0.6) is 0 Å². The smallest absolute Gasteiger partial charge is 0.0695 e. The van der Waals surface area contributed by atoms with Crippen molar-refractivity contribution in [2.24, 2.45) is 0 Å². The molecule has 0 radical (unpaired) electrons. The van der Waals surface area contributed by atoms with E-state index in [4.69, 9.17) is 5.73 Å². The van der Waals surface area contributed by atoms with Crippen LogP contribution in [0.25, 0.3) is 27.9 Å². The summed E-state index contributed by atoms with van der Waals surface area (Å²) in [5, 5.41) is 4.49. The van der Waals surface area contributed by atoms with Crippen LogP contribution in [0.4, 0.5) is 5.69 Å². The number of hydrogen-bond acceptors (Lipinski definition) is 4. The maximum absolute atomic E-state index is 5.91. The van der Waals surface area contributed by atoms with Crippen LogP contribution in [0.2, 0.25) is 0 Å². The lowest BCUT2D eigenvalue weighted by atomic mass is 10.1. The fraction of sp³-hybridized carbons (Fsp3) is 0.0500. The van der Waals surface area contributed by atoms with E-state index in [9.17, 15) is 0 Å². The van der Waals surface area contributed by atoms with E-state index < -0.39 is 0 Å². The first-order valence-corrected chi connectivity index (χ1v) is 7.98. The van der Waals surface area contributed by atoms with Crippen LogP contribution < -0.4 is 5.73 Å². The number of rotatable bonds is 3. The maximum Gasteiger partial charge on any atom is 0.0695 e. The molecular weight excluding hydrogens is 310 g/mol. The lowest BCUT2D eigenvalue weighted by Gasteiger charge is -2.06. The van der Waals surface area contributed by atoms with Crippen LogP contribution >= 0.6 is 0 Å². The highest BCUT2D eigenvalue weighted by Crippen LogP contribution is 2.26. The first-order chi connectivity index (χ1) is 12.2. The zero-order valence-corrected chi connectivity index (χ0v) is 13.8. The quantitative estimate of drug-likeness (QED) is 0.580. The van der Waals surface area contributed by atoms with E-state index in [2.05, 4.69) is 21.1 Å². The zero-order valence-electron chi connectivity index (χ0n) is 13.8. The number of hydrogen-bond donors (Lipinski definition) is 1. The van der Waals surface area contributed by atoms with Gasteiger partial charge in [0.25, 0.3) is 0 Å². The van der Waals surface area contributed by atoms with Gasteiger partial charge >= 0.3 is 0 Å². The van der Waals surface area contributed by atoms with Gasteiger partial charge in [0.1, 0.15) is 0 Å². The van der Waals surface area contributed by atoms with Gasteiger partial charge in [0, 0.05) is 53.4 Å². The van der Waals surface area contributed by atoms with Crippen molar-refractivity contribution in [3.63, 3.8) is 0 Å².